The minimum absolute atomic E-state index is 0.0146. The first-order chi connectivity index (χ1) is 13.3. The summed E-state index contributed by atoms with van der Waals surface area (Å²) in [4.78, 5) is 41.7. The van der Waals surface area contributed by atoms with E-state index in [1.807, 2.05) is 0 Å². The lowest BCUT2D eigenvalue weighted by Crippen LogP contribution is -2.52. The number of pyridine rings is 1. The number of fused-ring (bicyclic) bond motifs is 1. The Bertz CT molecular complexity index is 1010. The van der Waals surface area contributed by atoms with Crippen molar-refractivity contribution in [3.05, 3.63) is 56.5 Å². The lowest BCUT2D eigenvalue weighted by molar-refractivity contribution is -0.122. The summed E-state index contributed by atoms with van der Waals surface area (Å²) in [6.07, 6.45) is 0.236. The van der Waals surface area contributed by atoms with E-state index in [2.05, 4.69) is 4.98 Å². The third-order valence-corrected chi connectivity index (χ3v) is 5.00. The highest BCUT2D eigenvalue weighted by atomic mass is 16.5. The van der Waals surface area contributed by atoms with Crippen LogP contribution in [0.25, 0.3) is 0 Å². The zero-order chi connectivity index (χ0) is 20.6. The summed E-state index contributed by atoms with van der Waals surface area (Å²) in [5.41, 5.74) is 7.98. The number of aromatic nitrogens is 1. The Morgan fingerprint density at radius 1 is 1.11 bits per heavy atom. The summed E-state index contributed by atoms with van der Waals surface area (Å²) in [5, 5.41) is 0. The summed E-state index contributed by atoms with van der Waals surface area (Å²) in [7, 11) is 3.05. The number of nitrogens with zero attached hydrogens (tertiary/aromatic N) is 1. The van der Waals surface area contributed by atoms with Gasteiger partial charge in [0.25, 0.3) is 11.5 Å². The highest BCUT2D eigenvalue weighted by Gasteiger charge is 2.36. The number of nitrogens with one attached hydrogen (secondary N) is 1. The number of rotatable bonds is 4. The van der Waals surface area contributed by atoms with Crippen LogP contribution in [0, 0.1) is 13.8 Å². The number of carbonyl (C=O) groups is 2. The fourth-order valence-corrected chi connectivity index (χ4v) is 3.64. The van der Waals surface area contributed by atoms with Gasteiger partial charge in [-0.3, -0.25) is 14.4 Å². The molecule has 148 valence electrons. The summed E-state index contributed by atoms with van der Waals surface area (Å²) in [6, 6.07) is 4.42. The number of carbonyl (C=O) groups excluding carboxylic acids is 2. The molecule has 2 aromatic rings. The smallest absolute Gasteiger partial charge is 0.261 e. The Balaban J connectivity index is 2.07. The minimum Gasteiger partial charge on any atom is -0.493 e. The number of hydrogen-bond donors (Lipinski definition) is 2. The first-order valence-corrected chi connectivity index (χ1v) is 8.81. The minimum atomic E-state index is -0.863. The second-order valence-corrected chi connectivity index (χ2v) is 6.87. The van der Waals surface area contributed by atoms with Crippen molar-refractivity contribution in [2.24, 2.45) is 5.73 Å². The average molecular weight is 385 g/mol. The van der Waals surface area contributed by atoms with E-state index in [4.69, 9.17) is 15.2 Å². The van der Waals surface area contributed by atoms with Gasteiger partial charge in [0.15, 0.2) is 11.5 Å². The van der Waals surface area contributed by atoms with Gasteiger partial charge in [-0.1, -0.05) is 0 Å². The van der Waals surface area contributed by atoms with E-state index in [1.165, 1.54) is 19.1 Å². The molecule has 0 aliphatic carbocycles. The Morgan fingerprint density at radius 3 is 2.25 bits per heavy atom. The van der Waals surface area contributed by atoms with Gasteiger partial charge in [-0.05, 0) is 48.7 Å². The Morgan fingerprint density at radius 2 is 1.71 bits per heavy atom. The second kappa shape index (κ2) is 7.38. The van der Waals surface area contributed by atoms with Gasteiger partial charge in [0.1, 0.15) is 11.6 Å². The van der Waals surface area contributed by atoms with Crippen molar-refractivity contribution < 1.29 is 19.1 Å². The van der Waals surface area contributed by atoms with Crippen LogP contribution in [-0.4, -0.2) is 42.0 Å². The van der Waals surface area contributed by atoms with Crippen LogP contribution in [0.5, 0.6) is 11.5 Å². The maximum atomic E-state index is 13.2. The quantitative estimate of drug-likeness (QED) is 0.817. The zero-order valence-corrected chi connectivity index (χ0v) is 16.3. The number of primary amides is 1. The van der Waals surface area contributed by atoms with Gasteiger partial charge in [0.2, 0.25) is 5.91 Å². The largest absolute Gasteiger partial charge is 0.493 e. The highest BCUT2D eigenvalue weighted by molar-refractivity contribution is 5.98. The molecule has 1 atom stereocenters. The third kappa shape index (κ3) is 3.33. The van der Waals surface area contributed by atoms with Gasteiger partial charge in [-0.25, -0.2) is 0 Å². The molecule has 0 saturated heterocycles. The number of methoxy groups -OCH3 is 2. The number of benzene rings is 1. The number of H-pyrrole nitrogens is 1. The summed E-state index contributed by atoms with van der Waals surface area (Å²) < 4.78 is 10.7. The van der Waals surface area contributed by atoms with Crippen LogP contribution in [0.1, 0.15) is 32.7 Å². The maximum absolute atomic E-state index is 13.2. The zero-order valence-electron chi connectivity index (χ0n) is 16.3. The van der Waals surface area contributed by atoms with Crippen molar-refractivity contribution in [3.8, 4) is 11.5 Å². The van der Waals surface area contributed by atoms with Crippen molar-refractivity contribution in [1.29, 1.82) is 0 Å². The topological polar surface area (TPSA) is 115 Å². The van der Waals surface area contributed by atoms with E-state index >= 15 is 0 Å². The standard InChI is InChI=1S/C20H23N3O5/c1-10-5-11(2)22-19(25)17(10)20(26)23-9-13-8-16(28-4)15(27-3)7-12(13)6-14(23)18(21)24/h5,7-8,14H,6,9H2,1-4H3,(H2,21,24)(H,22,25)/t14-/m1/s1. The Labute approximate surface area is 162 Å². The molecule has 0 spiro atoms. The first kappa shape index (κ1) is 19.5. The fourth-order valence-electron chi connectivity index (χ4n) is 3.64. The molecule has 1 aliphatic rings. The van der Waals surface area contributed by atoms with E-state index in [9.17, 15) is 14.4 Å². The number of hydrogen-bond acceptors (Lipinski definition) is 5. The maximum Gasteiger partial charge on any atom is 0.261 e. The molecule has 8 heteroatoms. The van der Waals surface area contributed by atoms with Gasteiger partial charge < -0.3 is 25.1 Å². The number of aryl methyl sites for hydroxylation is 2. The average Bonchev–Trinajstić information content (AvgIpc) is 2.64. The van der Waals surface area contributed by atoms with Crippen molar-refractivity contribution in [1.82, 2.24) is 9.88 Å². The van der Waals surface area contributed by atoms with E-state index in [-0.39, 0.29) is 18.5 Å². The molecule has 0 saturated carbocycles. The van der Waals surface area contributed by atoms with Crippen LogP contribution < -0.4 is 20.8 Å². The molecule has 1 aromatic heterocycles. The number of amides is 2. The molecule has 3 N–H and O–H groups in total. The Kier molecular flexibility index (Phi) is 5.13. The molecule has 2 heterocycles. The van der Waals surface area contributed by atoms with Crippen molar-refractivity contribution in [3.63, 3.8) is 0 Å². The van der Waals surface area contributed by atoms with E-state index in [0.717, 1.165) is 11.1 Å². The van der Waals surface area contributed by atoms with Crippen LogP contribution in [0.3, 0.4) is 0 Å². The number of nitrogens with two attached hydrogens (primary N) is 1. The van der Waals surface area contributed by atoms with Crippen LogP contribution >= 0.6 is 0 Å². The summed E-state index contributed by atoms with van der Waals surface area (Å²) in [5.74, 6) is -0.0939. The second-order valence-electron chi connectivity index (χ2n) is 6.87. The van der Waals surface area contributed by atoms with Gasteiger partial charge in [-0.15, -0.1) is 0 Å². The normalized spacial score (nSPS) is 15.7. The first-order valence-electron chi connectivity index (χ1n) is 8.81. The molecule has 0 bridgehead atoms. The molecule has 28 heavy (non-hydrogen) atoms. The predicted molar refractivity (Wildman–Crippen MR) is 103 cm³/mol. The number of aromatic amines is 1. The van der Waals surface area contributed by atoms with E-state index in [0.29, 0.717) is 22.8 Å². The van der Waals surface area contributed by atoms with E-state index in [1.54, 1.807) is 32.0 Å². The molecule has 1 aliphatic heterocycles. The van der Waals surface area contributed by atoms with Crippen molar-refractivity contribution in [2.45, 2.75) is 32.9 Å². The molecular formula is C20H23N3O5. The van der Waals surface area contributed by atoms with Crippen LogP contribution in [-0.2, 0) is 17.8 Å². The molecule has 0 unspecified atom stereocenters. The van der Waals surface area contributed by atoms with Crippen molar-refractivity contribution >= 4 is 11.8 Å². The molecule has 8 nitrogen and oxygen atoms in total. The highest BCUT2D eigenvalue weighted by Crippen LogP contribution is 2.35. The van der Waals surface area contributed by atoms with Crippen molar-refractivity contribution in [2.75, 3.05) is 14.2 Å². The molecule has 0 fully saturated rings. The van der Waals surface area contributed by atoms with E-state index < -0.39 is 23.4 Å². The fraction of sp³-hybridized carbons (Fsp3) is 0.350. The summed E-state index contributed by atoms with van der Waals surface area (Å²) in [6.45, 7) is 3.57. The van der Waals surface area contributed by atoms with Gasteiger partial charge in [0, 0.05) is 18.7 Å². The van der Waals surface area contributed by atoms with Crippen LogP contribution in [0.4, 0.5) is 0 Å². The SMILES string of the molecule is COc1cc2c(cc1OC)CN(C(=O)c1c(C)cc(C)[nH]c1=O)[C@@H](C(N)=O)C2. The Hall–Kier alpha value is -3.29. The van der Waals surface area contributed by atoms with Gasteiger partial charge >= 0.3 is 0 Å². The molecule has 2 amide bonds. The molecule has 0 radical (unpaired) electrons. The van der Waals surface area contributed by atoms with Crippen LogP contribution in [0.15, 0.2) is 23.0 Å². The molecular weight excluding hydrogens is 362 g/mol. The van der Waals surface area contributed by atoms with Crippen LogP contribution in [0.2, 0.25) is 0 Å². The molecule has 3 rings (SSSR count). The third-order valence-electron chi connectivity index (χ3n) is 5.00. The number of ether oxygens (including phenoxy) is 2. The van der Waals surface area contributed by atoms with Gasteiger partial charge in [-0.2, -0.15) is 0 Å². The molecule has 1 aromatic carbocycles. The lowest BCUT2D eigenvalue weighted by atomic mass is 9.92. The predicted octanol–water partition coefficient (Wildman–Crippen LogP) is 1.06. The monoisotopic (exact) mass is 385 g/mol. The lowest BCUT2D eigenvalue weighted by Gasteiger charge is -2.35. The van der Waals surface area contributed by atoms with Gasteiger partial charge in [0.05, 0.1) is 14.2 Å². The summed E-state index contributed by atoms with van der Waals surface area (Å²) >= 11 is 0.